The van der Waals surface area contributed by atoms with Crippen LogP contribution in [-0.2, 0) is 32.7 Å². The summed E-state index contributed by atoms with van der Waals surface area (Å²) in [5, 5.41) is 10.2. The molecule has 0 aliphatic carbocycles. The Bertz CT molecular complexity index is 1410. The Kier molecular flexibility index (Phi) is 40.8. The van der Waals surface area contributed by atoms with E-state index in [1.54, 1.807) is 18.2 Å². The van der Waals surface area contributed by atoms with E-state index in [4.69, 9.17) is 24.3 Å². The molecule has 0 aliphatic heterocycles. The van der Waals surface area contributed by atoms with E-state index in [9.17, 15) is 24.2 Å². The zero-order valence-corrected chi connectivity index (χ0v) is 37.6. The van der Waals surface area contributed by atoms with Crippen molar-refractivity contribution in [2.45, 2.75) is 148 Å². The van der Waals surface area contributed by atoms with Crippen molar-refractivity contribution < 1.29 is 42.7 Å². The minimum absolute atomic E-state index is 0.0164. The fourth-order valence-electron chi connectivity index (χ4n) is 5.14. The van der Waals surface area contributed by atoms with Crippen molar-refractivity contribution >= 4 is 19.8 Å². The van der Waals surface area contributed by atoms with Gasteiger partial charge in [0, 0.05) is 19.4 Å². The summed E-state index contributed by atoms with van der Waals surface area (Å²) >= 11 is 0. The van der Waals surface area contributed by atoms with Crippen LogP contribution < -0.4 is 5.73 Å². The first-order valence-corrected chi connectivity index (χ1v) is 23.6. The lowest BCUT2D eigenvalue weighted by molar-refractivity contribution is -0.161. The first-order chi connectivity index (χ1) is 29.2. The molecule has 0 fully saturated rings. The van der Waals surface area contributed by atoms with Crippen LogP contribution in [0.15, 0.2) is 122 Å². The quantitative estimate of drug-likeness (QED) is 0.0179. The number of esters is 2. The number of aliphatic hydroxyl groups is 1. The van der Waals surface area contributed by atoms with E-state index in [-0.39, 0.29) is 32.6 Å². The second-order valence-corrected chi connectivity index (χ2v) is 15.5. The Hall–Kier alpha value is -3.63. The number of rotatable bonds is 39. The monoisotopic (exact) mass is 856 g/mol. The summed E-state index contributed by atoms with van der Waals surface area (Å²) in [5.41, 5.74) is 5.34. The highest BCUT2D eigenvalue weighted by Gasteiger charge is 2.25. The van der Waals surface area contributed by atoms with Gasteiger partial charge in [0.1, 0.15) is 6.61 Å². The summed E-state index contributed by atoms with van der Waals surface area (Å²) in [6.45, 7) is 3.31. The van der Waals surface area contributed by atoms with Gasteiger partial charge in [-0.3, -0.25) is 18.6 Å². The second-order valence-electron chi connectivity index (χ2n) is 14.0. The Morgan fingerprint density at radius 3 is 1.73 bits per heavy atom. The molecule has 0 heterocycles. The first kappa shape index (κ1) is 56.4. The minimum atomic E-state index is -4.44. The number of ether oxygens (including phenoxy) is 2. The van der Waals surface area contributed by atoms with E-state index in [1.807, 2.05) is 18.2 Å². The van der Waals surface area contributed by atoms with Crippen LogP contribution in [0, 0.1) is 0 Å². The van der Waals surface area contributed by atoms with Gasteiger partial charge in [0.25, 0.3) is 0 Å². The third kappa shape index (κ3) is 42.5. The predicted molar refractivity (Wildman–Crippen MR) is 248 cm³/mol. The van der Waals surface area contributed by atoms with Gasteiger partial charge in [-0.15, -0.1) is 0 Å². The van der Waals surface area contributed by atoms with Crippen molar-refractivity contribution in [2.24, 2.45) is 5.73 Å². The molecule has 11 heteroatoms. The molecule has 0 bridgehead atoms. The standard InChI is InChI=1S/C49H78NO9P/c1-3-5-7-9-11-13-15-17-18-19-20-21-22-24-26-28-30-32-36-41-49(53)59-47(45-58-60(54,55)57-43-42-50)44-56-48(52)40-37-33-35-39-46(51)38-34-31-29-27-25-23-16-14-12-10-8-6-4-2/h6,8,11-14,17-18,20-21,23-26,29,31,33-35,38,46-47,51H,3-5,7,9-10,15-16,19,22,27-28,30,32,36-37,39-45,50H2,1-2H3,(H,54,55)/b8-6-,13-11-,14-12-,18-17-,21-20-,25-23-,26-24-,31-29-,35-33-,38-34-/t46?,47-/m1/s1. The van der Waals surface area contributed by atoms with Gasteiger partial charge in [-0.05, 0) is 89.9 Å². The first-order valence-electron chi connectivity index (χ1n) is 22.1. The van der Waals surface area contributed by atoms with E-state index in [0.717, 1.165) is 64.2 Å². The molecule has 2 unspecified atom stereocenters. The lowest BCUT2D eigenvalue weighted by Gasteiger charge is -2.19. The van der Waals surface area contributed by atoms with E-state index < -0.39 is 38.6 Å². The molecule has 60 heavy (non-hydrogen) atoms. The normalized spacial score (nSPS) is 14.9. The van der Waals surface area contributed by atoms with Gasteiger partial charge in [-0.1, -0.05) is 155 Å². The summed E-state index contributed by atoms with van der Waals surface area (Å²) in [6.07, 6.45) is 55.5. The highest BCUT2D eigenvalue weighted by atomic mass is 31.2. The molecule has 10 nitrogen and oxygen atoms in total. The topological polar surface area (TPSA) is 155 Å². The van der Waals surface area contributed by atoms with Crippen molar-refractivity contribution in [1.29, 1.82) is 0 Å². The zero-order valence-electron chi connectivity index (χ0n) is 36.7. The van der Waals surface area contributed by atoms with E-state index in [2.05, 4.69) is 98.9 Å². The Balaban J connectivity index is 4.45. The molecule has 0 aromatic rings. The molecule has 0 amide bonds. The number of carbonyl (C=O) groups is 2. The molecular formula is C49H78NO9P. The SMILES string of the molecule is CC/C=C\C/C=C\C/C=C\C/C=C\C=C/C(O)C/C=C\CCC(=O)OC[C@H](COP(=O)(O)OCCN)OC(=O)CCCCC/C=C\C/C=C\C/C=C\C/C=C\CCCCC. The number of carbonyl (C=O) groups excluding carboxylic acids is 2. The van der Waals surface area contributed by atoms with Crippen LogP contribution in [0.5, 0.6) is 0 Å². The van der Waals surface area contributed by atoms with Crippen LogP contribution in [0.25, 0.3) is 0 Å². The molecule has 0 saturated heterocycles. The number of phosphoric ester groups is 1. The molecule has 4 N–H and O–H groups in total. The van der Waals surface area contributed by atoms with Crippen LogP contribution in [0.3, 0.4) is 0 Å². The van der Waals surface area contributed by atoms with E-state index >= 15 is 0 Å². The number of unbranched alkanes of at least 4 members (excludes halogenated alkanes) is 6. The van der Waals surface area contributed by atoms with Crippen LogP contribution in [-0.4, -0.2) is 60.5 Å². The van der Waals surface area contributed by atoms with Crippen molar-refractivity contribution in [3.8, 4) is 0 Å². The van der Waals surface area contributed by atoms with E-state index in [0.29, 0.717) is 19.3 Å². The third-order valence-electron chi connectivity index (χ3n) is 8.43. The number of nitrogens with two attached hydrogens (primary N) is 1. The fourth-order valence-corrected chi connectivity index (χ4v) is 5.90. The molecule has 0 spiro atoms. The van der Waals surface area contributed by atoms with Crippen molar-refractivity contribution in [2.75, 3.05) is 26.4 Å². The molecular weight excluding hydrogens is 778 g/mol. The zero-order chi connectivity index (χ0) is 44.0. The maximum Gasteiger partial charge on any atom is 0.472 e. The highest BCUT2D eigenvalue weighted by Crippen LogP contribution is 2.43. The maximum atomic E-state index is 12.6. The van der Waals surface area contributed by atoms with Crippen molar-refractivity contribution in [1.82, 2.24) is 0 Å². The smallest absolute Gasteiger partial charge is 0.462 e. The van der Waals surface area contributed by atoms with Gasteiger partial charge in [0.2, 0.25) is 0 Å². The minimum Gasteiger partial charge on any atom is -0.462 e. The summed E-state index contributed by atoms with van der Waals surface area (Å²) in [4.78, 5) is 34.9. The highest BCUT2D eigenvalue weighted by molar-refractivity contribution is 7.47. The fraction of sp³-hybridized carbons (Fsp3) is 0.551. The van der Waals surface area contributed by atoms with Crippen LogP contribution in [0.1, 0.15) is 136 Å². The van der Waals surface area contributed by atoms with Crippen LogP contribution in [0.2, 0.25) is 0 Å². The summed E-state index contributed by atoms with van der Waals surface area (Å²) in [5.74, 6) is -1.06. The molecule has 0 aliphatic rings. The van der Waals surface area contributed by atoms with Gasteiger partial charge in [0.05, 0.1) is 19.3 Å². The second kappa shape index (κ2) is 43.5. The molecule has 338 valence electrons. The Morgan fingerprint density at radius 1 is 0.600 bits per heavy atom. The van der Waals surface area contributed by atoms with Crippen molar-refractivity contribution in [3.63, 3.8) is 0 Å². The number of hydrogen-bond acceptors (Lipinski definition) is 9. The number of phosphoric acid groups is 1. The molecule has 0 saturated carbocycles. The molecule has 0 rings (SSSR count). The largest absolute Gasteiger partial charge is 0.472 e. The van der Waals surface area contributed by atoms with Gasteiger partial charge in [0.15, 0.2) is 6.10 Å². The van der Waals surface area contributed by atoms with E-state index in [1.165, 1.54) is 25.7 Å². The molecule has 0 aromatic heterocycles. The lowest BCUT2D eigenvalue weighted by Crippen LogP contribution is -2.29. The lowest BCUT2D eigenvalue weighted by atomic mass is 10.1. The van der Waals surface area contributed by atoms with Crippen LogP contribution >= 0.6 is 7.82 Å². The maximum absolute atomic E-state index is 12.6. The van der Waals surface area contributed by atoms with Gasteiger partial charge in [-0.25, -0.2) is 4.57 Å². The van der Waals surface area contributed by atoms with Crippen LogP contribution in [0.4, 0.5) is 0 Å². The summed E-state index contributed by atoms with van der Waals surface area (Å²) < 4.78 is 32.6. The number of allylic oxidation sites excluding steroid dienone is 18. The average molecular weight is 856 g/mol. The number of aliphatic hydroxyl groups excluding tert-OH is 1. The Morgan fingerprint density at radius 2 is 1.15 bits per heavy atom. The van der Waals surface area contributed by atoms with Gasteiger partial charge < -0.3 is 25.2 Å². The Labute approximate surface area is 363 Å². The molecule has 0 radical (unpaired) electrons. The van der Waals surface area contributed by atoms with Crippen molar-refractivity contribution in [3.05, 3.63) is 122 Å². The van der Waals surface area contributed by atoms with Gasteiger partial charge >= 0.3 is 19.8 Å². The summed E-state index contributed by atoms with van der Waals surface area (Å²) in [6, 6.07) is 0. The molecule has 3 atom stereocenters. The number of hydrogen-bond donors (Lipinski definition) is 3. The average Bonchev–Trinajstić information content (AvgIpc) is 3.23. The summed E-state index contributed by atoms with van der Waals surface area (Å²) in [7, 11) is -4.44. The predicted octanol–water partition coefficient (Wildman–Crippen LogP) is 11.9. The van der Waals surface area contributed by atoms with Gasteiger partial charge in [-0.2, -0.15) is 0 Å². The molecule has 0 aromatic carbocycles. The third-order valence-corrected chi connectivity index (χ3v) is 9.41.